The van der Waals surface area contributed by atoms with Gasteiger partial charge in [0.05, 0.1) is 6.10 Å². The van der Waals surface area contributed by atoms with Crippen LogP contribution in [-0.2, 0) is 11.3 Å². The molecular weight excluding hydrogens is 500 g/mol. The van der Waals surface area contributed by atoms with Crippen LogP contribution in [0.2, 0.25) is 0 Å². The molecule has 0 atom stereocenters. The van der Waals surface area contributed by atoms with Crippen molar-refractivity contribution in [1.29, 1.82) is 0 Å². The fourth-order valence-corrected chi connectivity index (χ4v) is 3.53. The number of hydrogen-bond acceptors (Lipinski definition) is 2. The molecule has 1 aliphatic carbocycles. The first-order chi connectivity index (χ1) is 11.6. The van der Waals surface area contributed by atoms with E-state index in [-0.39, 0.29) is 29.8 Å². The van der Waals surface area contributed by atoms with Crippen LogP contribution in [0.25, 0.3) is 0 Å². The maximum atomic E-state index is 13.5. The lowest BCUT2D eigenvalue weighted by Crippen LogP contribution is -2.46. The second-order valence-electron chi connectivity index (χ2n) is 6.64. The predicted octanol–water partition coefficient (Wildman–Crippen LogP) is 4.17. The summed E-state index contributed by atoms with van der Waals surface area (Å²) in [5.41, 5.74) is 0.894. The van der Waals surface area contributed by atoms with Gasteiger partial charge in [0.2, 0.25) is 0 Å². The van der Waals surface area contributed by atoms with E-state index in [0.717, 1.165) is 54.5 Å². The molecule has 25 heavy (non-hydrogen) atoms. The van der Waals surface area contributed by atoms with Crippen molar-refractivity contribution in [2.24, 2.45) is 10.9 Å². The van der Waals surface area contributed by atoms with Crippen LogP contribution in [0.5, 0.6) is 0 Å². The van der Waals surface area contributed by atoms with Gasteiger partial charge in [0, 0.05) is 37.8 Å². The highest BCUT2D eigenvalue weighted by atomic mass is 127. The summed E-state index contributed by atoms with van der Waals surface area (Å²) in [5, 5.41) is 3.33. The molecule has 1 N–H and O–H groups in total. The first kappa shape index (κ1) is 20.9. The summed E-state index contributed by atoms with van der Waals surface area (Å²) in [6.45, 7) is 3.39. The van der Waals surface area contributed by atoms with Gasteiger partial charge in [-0.05, 0) is 55.4 Å². The Morgan fingerprint density at radius 2 is 2.00 bits per heavy atom. The minimum atomic E-state index is -0.232. The van der Waals surface area contributed by atoms with Crippen molar-refractivity contribution in [2.45, 2.75) is 38.3 Å². The summed E-state index contributed by atoms with van der Waals surface area (Å²) in [7, 11) is 1.79. The highest BCUT2D eigenvalue weighted by Crippen LogP contribution is 2.30. The van der Waals surface area contributed by atoms with Crippen LogP contribution in [0.15, 0.2) is 27.7 Å². The number of aliphatic imine (C=N–C) groups is 1. The van der Waals surface area contributed by atoms with Crippen LogP contribution in [0, 0.1) is 11.7 Å². The lowest BCUT2D eigenvalue weighted by Gasteiger charge is -2.34. The SMILES string of the molecule is CN=C(NCc1cc(F)cc(Br)c1)N1CCC(OCC2CC2)CC1.I. The van der Waals surface area contributed by atoms with Crippen molar-refractivity contribution >= 4 is 45.9 Å². The molecule has 0 amide bonds. The van der Waals surface area contributed by atoms with E-state index in [9.17, 15) is 4.39 Å². The van der Waals surface area contributed by atoms with Crippen molar-refractivity contribution in [3.05, 3.63) is 34.1 Å². The zero-order valence-corrected chi connectivity index (χ0v) is 18.4. The van der Waals surface area contributed by atoms with Crippen LogP contribution >= 0.6 is 39.9 Å². The molecule has 4 nitrogen and oxygen atoms in total. The van der Waals surface area contributed by atoms with Gasteiger partial charge in [0.15, 0.2) is 5.96 Å². The Bertz CT molecular complexity index is 569. The molecular formula is C18H26BrFIN3O. The van der Waals surface area contributed by atoms with Crippen molar-refractivity contribution in [3.63, 3.8) is 0 Å². The molecule has 3 rings (SSSR count). The first-order valence-corrected chi connectivity index (χ1v) is 9.45. The van der Waals surface area contributed by atoms with Crippen LogP contribution in [0.3, 0.4) is 0 Å². The molecule has 2 fully saturated rings. The van der Waals surface area contributed by atoms with Crippen LogP contribution < -0.4 is 5.32 Å². The Morgan fingerprint density at radius 1 is 1.28 bits per heavy atom. The maximum Gasteiger partial charge on any atom is 0.193 e. The predicted molar refractivity (Wildman–Crippen MR) is 113 cm³/mol. The highest BCUT2D eigenvalue weighted by Gasteiger charge is 2.26. The van der Waals surface area contributed by atoms with E-state index in [0.29, 0.717) is 12.6 Å². The molecule has 140 valence electrons. The van der Waals surface area contributed by atoms with Gasteiger partial charge in [-0.2, -0.15) is 0 Å². The number of halogens is 3. The van der Waals surface area contributed by atoms with Crippen molar-refractivity contribution < 1.29 is 9.13 Å². The molecule has 1 saturated carbocycles. The lowest BCUT2D eigenvalue weighted by molar-refractivity contribution is 0.0131. The van der Waals surface area contributed by atoms with Gasteiger partial charge in [0.25, 0.3) is 0 Å². The summed E-state index contributed by atoms with van der Waals surface area (Å²) in [5.74, 6) is 1.46. The topological polar surface area (TPSA) is 36.9 Å². The van der Waals surface area contributed by atoms with E-state index in [1.807, 2.05) is 6.07 Å². The average Bonchev–Trinajstić information content (AvgIpc) is 3.38. The summed E-state index contributed by atoms with van der Waals surface area (Å²) in [6, 6.07) is 4.93. The Balaban J connectivity index is 0.00000225. The number of benzene rings is 1. The number of rotatable bonds is 5. The third-order valence-corrected chi connectivity index (χ3v) is 5.05. The van der Waals surface area contributed by atoms with Crippen molar-refractivity contribution in [2.75, 3.05) is 26.7 Å². The largest absolute Gasteiger partial charge is 0.378 e. The number of likely N-dealkylation sites (tertiary alicyclic amines) is 1. The number of guanidine groups is 1. The Labute approximate surface area is 174 Å². The quantitative estimate of drug-likeness (QED) is 0.356. The second-order valence-corrected chi connectivity index (χ2v) is 7.56. The van der Waals surface area contributed by atoms with Gasteiger partial charge in [-0.25, -0.2) is 4.39 Å². The molecule has 1 aliphatic heterocycles. The summed E-state index contributed by atoms with van der Waals surface area (Å²) in [4.78, 5) is 6.62. The Morgan fingerprint density at radius 3 is 2.60 bits per heavy atom. The van der Waals surface area contributed by atoms with Crippen molar-refractivity contribution in [1.82, 2.24) is 10.2 Å². The fourth-order valence-electron chi connectivity index (χ4n) is 3.02. The van der Waals surface area contributed by atoms with Crippen molar-refractivity contribution in [3.8, 4) is 0 Å². The molecule has 7 heteroatoms. The summed E-state index contributed by atoms with van der Waals surface area (Å²) < 4.78 is 20.2. The first-order valence-electron chi connectivity index (χ1n) is 8.66. The molecule has 1 aromatic carbocycles. The highest BCUT2D eigenvalue weighted by molar-refractivity contribution is 14.0. The third kappa shape index (κ3) is 6.67. The zero-order chi connectivity index (χ0) is 16.9. The maximum absolute atomic E-state index is 13.5. The molecule has 1 aromatic rings. The summed E-state index contributed by atoms with van der Waals surface area (Å²) in [6.07, 6.45) is 5.15. The summed E-state index contributed by atoms with van der Waals surface area (Å²) >= 11 is 3.33. The molecule has 0 aromatic heterocycles. The van der Waals surface area contributed by atoms with Gasteiger partial charge in [-0.3, -0.25) is 4.99 Å². The van der Waals surface area contributed by atoms with Crippen LogP contribution in [0.4, 0.5) is 4.39 Å². The number of ether oxygens (including phenoxy) is 1. The van der Waals surface area contributed by atoms with E-state index in [1.54, 1.807) is 13.1 Å². The average molecular weight is 526 g/mol. The molecule has 1 saturated heterocycles. The minimum absolute atomic E-state index is 0. The monoisotopic (exact) mass is 525 g/mol. The number of piperidine rings is 1. The molecule has 0 unspecified atom stereocenters. The Kier molecular flexibility index (Phi) is 8.41. The normalized spacial score (nSPS) is 18.8. The van der Waals surface area contributed by atoms with Gasteiger partial charge in [0.1, 0.15) is 5.82 Å². The van der Waals surface area contributed by atoms with Gasteiger partial charge in [-0.1, -0.05) is 15.9 Å². The van der Waals surface area contributed by atoms with Gasteiger partial charge in [-0.15, -0.1) is 24.0 Å². The van der Waals surface area contributed by atoms with E-state index >= 15 is 0 Å². The molecule has 0 spiro atoms. The Hall–Kier alpha value is -0.410. The van der Waals surface area contributed by atoms with E-state index in [2.05, 4.69) is 31.1 Å². The minimum Gasteiger partial charge on any atom is -0.378 e. The molecule has 0 radical (unpaired) electrons. The molecule has 2 aliphatic rings. The molecule has 0 bridgehead atoms. The van der Waals surface area contributed by atoms with Crippen LogP contribution in [-0.4, -0.2) is 43.7 Å². The number of nitrogens with one attached hydrogen (secondary N) is 1. The lowest BCUT2D eigenvalue weighted by atomic mass is 10.1. The fraction of sp³-hybridized carbons (Fsp3) is 0.611. The number of nitrogens with zero attached hydrogens (tertiary/aromatic N) is 2. The van der Waals surface area contributed by atoms with E-state index in [4.69, 9.17) is 4.74 Å². The van der Waals surface area contributed by atoms with E-state index in [1.165, 1.54) is 18.9 Å². The smallest absolute Gasteiger partial charge is 0.193 e. The zero-order valence-electron chi connectivity index (χ0n) is 14.5. The van der Waals surface area contributed by atoms with Crippen LogP contribution in [0.1, 0.15) is 31.2 Å². The molecule has 1 heterocycles. The number of hydrogen-bond donors (Lipinski definition) is 1. The van der Waals surface area contributed by atoms with E-state index < -0.39 is 0 Å². The third-order valence-electron chi connectivity index (χ3n) is 4.59. The second kappa shape index (κ2) is 10.1. The standard InChI is InChI=1S/C18H25BrFN3O.HI/c1-21-18(22-11-14-8-15(19)10-16(20)9-14)23-6-4-17(5-7-23)24-12-13-2-3-13;/h8-10,13,17H,2-7,11-12H2,1H3,(H,21,22);1H. The van der Waals surface area contributed by atoms with Gasteiger partial charge >= 0.3 is 0 Å². The van der Waals surface area contributed by atoms with Gasteiger partial charge < -0.3 is 15.0 Å².